The minimum atomic E-state index is -0.102. The average Bonchev–Trinajstić information content (AvgIpc) is 2.27. The molecule has 16 heavy (non-hydrogen) atoms. The van der Waals surface area contributed by atoms with E-state index in [9.17, 15) is 4.79 Å². The molecule has 0 amide bonds. The molecule has 1 aromatic heterocycles. The molecule has 0 atom stereocenters. The number of ether oxygens (including phenoxy) is 1. The van der Waals surface area contributed by atoms with E-state index in [1.807, 2.05) is 6.92 Å². The van der Waals surface area contributed by atoms with Crippen LogP contribution in [-0.2, 0) is 11.3 Å². The highest BCUT2D eigenvalue weighted by Gasteiger charge is 2.14. The number of rotatable bonds is 3. The topological polar surface area (TPSA) is 55.0 Å². The molecular formula is C12H18N2O2. The number of aryl methyl sites for hydroxylation is 1. The molecule has 0 unspecified atom stereocenters. The summed E-state index contributed by atoms with van der Waals surface area (Å²) in [5.41, 5.74) is 0.640. The van der Waals surface area contributed by atoms with Crippen LogP contribution >= 0.6 is 0 Å². The molecule has 88 valence electrons. The lowest BCUT2D eigenvalue weighted by molar-refractivity contribution is 0.0134. The van der Waals surface area contributed by atoms with Crippen LogP contribution in [0.15, 0.2) is 10.9 Å². The monoisotopic (exact) mass is 222 g/mol. The van der Waals surface area contributed by atoms with Gasteiger partial charge in [-0.05, 0) is 19.8 Å². The second-order valence-electron chi connectivity index (χ2n) is 4.40. The number of hydrogen-bond donors (Lipinski definition) is 1. The number of aromatic nitrogens is 2. The fourth-order valence-corrected chi connectivity index (χ4v) is 2.14. The summed E-state index contributed by atoms with van der Waals surface area (Å²) >= 11 is 0. The lowest BCUT2D eigenvalue weighted by atomic mass is 9.98. The molecule has 1 heterocycles. The largest absolute Gasteiger partial charge is 0.370 e. The standard InChI is InChI=1S/C12H18N2O2/c1-9-7-12(15)14-11(13-9)8-16-10-5-3-2-4-6-10/h7,10H,2-6,8H2,1H3,(H,13,14,15). The summed E-state index contributed by atoms with van der Waals surface area (Å²) in [6.45, 7) is 2.24. The zero-order chi connectivity index (χ0) is 11.4. The van der Waals surface area contributed by atoms with Crippen molar-refractivity contribution in [1.29, 1.82) is 0 Å². The van der Waals surface area contributed by atoms with E-state index in [2.05, 4.69) is 9.97 Å². The van der Waals surface area contributed by atoms with E-state index < -0.39 is 0 Å². The third-order valence-electron chi connectivity index (χ3n) is 2.93. The highest BCUT2D eigenvalue weighted by Crippen LogP contribution is 2.20. The van der Waals surface area contributed by atoms with E-state index in [-0.39, 0.29) is 5.56 Å². The fraction of sp³-hybridized carbons (Fsp3) is 0.667. The van der Waals surface area contributed by atoms with Crippen molar-refractivity contribution in [1.82, 2.24) is 9.97 Å². The predicted octanol–water partition coefficient (Wildman–Crippen LogP) is 1.93. The second-order valence-corrected chi connectivity index (χ2v) is 4.40. The molecule has 1 aliphatic carbocycles. The summed E-state index contributed by atoms with van der Waals surface area (Å²) in [4.78, 5) is 18.1. The molecule has 0 aliphatic heterocycles. The van der Waals surface area contributed by atoms with Gasteiger partial charge in [0, 0.05) is 11.8 Å². The van der Waals surface area contributed by atoms with Gasteiger partial charge in [0.2, 0.25) is 0 Å². The summed E-state index contributed by atoms with van der Waals surface area (Å²) in [7, 11) is 0. The predicted molar refractivity (Wildman–Crippen MR) is 61.3 cm³/mol. The molecule has 1 aromatic rings. The number of H-pyrrole nitrogens is 1. The van der Waals surface area contributed by atoms with Crippen LogP contribution in [0.1, 0.15) is 43.6 Å². The Labute approximate surface area is 95.1 Å². The van der Waals surface area contributed by atoms with E-state index >= 15 is 0 Å². The van der Waals surface area contributed by atoms with E-state index in [1.165, 1.54) is 25.3 Å². The van der Waals surface area contributed by atoms with E-state index in [0.29, 0.717) is 18.5 Å². The van der Waals surface area contributed by atoms with Crippen molar-refractivity contribution in [3.8, 4) is 0 Å². The first-order valence-electron chi connectivity index (χ1n) is 5.92. The third-order valence-corrected chi connectivity index (χ3v) is 2.93. The molecule has 4 heteroatoms. The first kappa shape index (κ1) is 11.3. The number of nitrogens with one attached hydrogen (secondary N) is 1. The number of aromatic amines is 1. The number of hydrogen-bond acceptors (Lipinski definition) is 3. The molecule has 1 fully saturated rings. The maximum atomic E-state index is 11.2. The maximum Gasteiger partial charge on any atom is 0.251 e. The van der Waals surface area contributed by atoms with Gasteiger partial charge in [-0.25, -0.2) is 4.98 Å². The van der Waals surface area contributed by atoms with Gasteiger partial charge in [0.05, 0.1) is 6.10 Å². The van der Waals surface area contributed by atoms with Crippen LogP contribution in [0.2, 0.25) is 0 Å². The Hall–Kier alpha value is -1.16. The Morgan fingerprint density at radius 2 is 2.19 bits per heavy atom. The highest BCUT2D eigenvalue weighted by molar-refractivity contribution is 4.99. The summed E-state index contributed by atoms with van der Waals surface area (Å²) in [5, 5.41) is 0. The van der Waals surface area contributed by atoms with E-state index in [4.69, 9.17) is 4.74 Å². The van der Waals surface area contributed by atoms with Crippen molar-refractivity contribution in [3.05, 3.63) is 27.9 Å². The van der Waals surface area contributed by atoms with Gasteiger partial charge in [0.25, 0.3) is 5.56 Å². The van der Waals surface area contributed by atoms with Crippen LogP contribution in [0.5, 0.6) is 0 Å². The van der Waals surface area contributed by atoms with Gasteiger partial charge < -0.3 is 9.72 Å². The fourth-order valence-electron chi connectivity index (χ4n) is 2.14. The van der Waals surface area contributed by atoms with Crippen LogP contribution < -0.4 is 5.56 Å². The molecule has 0 radical (unpaired) electrons. The van der Waals surface area contributed by atoms with Crippen LogP contribution in [0.3, 0.4) is 0 Å². The Bertz CT molecular complexity index is 394. The average molecular weight is 222 g/mol. The maximum absolute atomic E-state index is 11.2. The Balaban J connectivity index is 1.90. The summed E-state index contributed by atoms with van der Waals surface area (Å²) in [6.07, 6.45) is 6.44. The summed E-state index contributed by atoms with van der Waals surface area (Å²) in [5.74, 6) is 0.635. The normalized spacial score (nSPS) is 17.6. The van der Waals surface area contributed by atoms with Crippen LogP contribution in [0.25, 0.3) is 0 Å². The molecule has 0 bridgehead atoms. The minimum absolute atomic E-state index is 0.102. The zero-order valence-electron chi connectivity index (χ0n) is 9.66. The van der Waals surface area contributed by atoms with Crippen molar-refractivity contribution in [2.45, 2.75) is 51.7 Å². The van der Waals surface area contributed by atoms with Crippen LogP contribution in [0.4, 0.5) is 0 Å². The van der Waals surface area contributed by atoms with E-state index in [1.54, 1.807) is 0 Å². The van der Waals surface area contributed by atoms with Gasteiger partial charge in [-0.15, -0.1) is 0 Å². The van der Waals surface area contributed by atoms with Gasteiger partial charge in [-0.2, -0.15) is 0 Å². The first-order chi connectivity index (χ1) is 7.74. The number of nitrogens with zero attached hydrogens (tertiary/aromatic N) is 1. The molecular weight excluding hydrogens is 204 g/mol. The molecule has 4 nitrogen and oxygen atoms in total. The molecule has 0 aromatic carbocycles. The lowest BCUT2D eigenvalue weighted by Crippen LogP contribution is -2.19. The van der Waals surface area contributed by atoms with Gasteiger partial charge in [0.15, 0.2) is 0 Å². The van der Waals surface area contributed by atoms with Gasteiger partial charge in [-0.1, -0.05) is 19.3 Å². The van der Waals surface area contributed by atoms with Crippen LogP contribution in [-0.4, -0.2) is 16.1 Å². The third kappa shape index (κ3) is 3.17. The summed E-state index contributed by atoms with van der Waals surface area (Å²) < 4.78 is 5.75. The molecule has 0 saturated heterocycles. The molecule has 1 saturated carbocycles. The van der Waals surface area contributed by atoms with Gasteiger partial charge >= 0.3 is 0 Å². The zero-order valence-corrected chi connectivity index (χ0v) is 9.66. The van der Waals surface area contributed by atoms with Crippen molar-refractivity contribution in [2.24, 2.45) is 0 Å². The smallest absolute Gasteiger partial charge is 0.251 e. The van der Waals surface area contributed by atoms with Crippen LogP contribution in [0, 0.1) is 6.92 Å². The molecule has 2 rings (SSSR count). The quantitative estimate of drug-likeness (QED) is 0.850. The molecule has 1 N–H and O–H groups in total. The van der Waals surface area contributed by atoms with Crippen molar-refractivity contribution in [2.75, 3.05) is 0 Å². The van der Waals surface area contributed by atoms with Crippen molar-refractivity contribution in [3.63, 3.8) is 0 Å². The SMILES string of the molecule is Cc1cc(=O)[nH]c(COC2CCCCC2)n1. The summed E-state index contributed by atoms with van der Waals surface area (Å²) in [6, 6.07) is 1.49. The van der Waals surface area contributed by atoms with Gasteiger partial charge in [-0.3, -0.25) is 4.79 Å². The Morgan fingerprint density at radius 3 is 2.88 bits per heavy atom. The minimum Gasteiger partial charge on any atom is -0.370 e. The van der Waals surface area contributed by atoms with E-state index in [0.717, 1.165) is 18.5 Å². The lowest BCUT2D eigenvalue weighted by Gasteiger charge is -2.21. The Morgan fingerprint density at radius 1 is 1.44 bits per heavy atom. The molecule has 1 aliphatic rings. The highest BCUT2D eigenvalue weighted by atomic mass is 16.5. The molecule has 0 spiro atoms. The second kappa shape index (κ2) is 5.25. The Kier molecular flexibility index (Phi) is 3.72. The van der Waals surface area contributed by atoms with Crippen molar-refractivity contribution < 1.29 is 4.74 Å². The first-order valence-corrected chi connectivity index (χ1v) is 5.92. The van der Waals surface area contributed by atoms with Gasteiger partial charge in [0.1, 0.15) is 12.4 Å². The van der Waals surface area contributed by atoms with Crippen molar-refractivity contribution >= 4 is 0 Å².